The normalized spacial score (nSPS) is 17.6. The fraction of sp³-hybridized carbons (Fsp3) is 0.552. The number of hydrogen-bond acceptors (Lipinski definition) is 6. The Bertz CT molecular complexity index is 1180. The van der Waals surface area contributed by atoms with E-state index in [1.807, 2.05) is 19.2 Å². The molecule has 0 saturated heterocycles. The summed E-state index contributed by atoms with van der Waals surface area (Å²) in [5.41, 5.74) is 0.672. The van der Waals surface area contributed by atoms with Crippen LogP contribution < -0.4 is 9.64 Å². The average molecular weight is 621 g/mol. The molecule has 1 heterocycles. The summed E-state index contributed by atoms with van der Waals surface area (Å²) in [6.45, 7) is 6.96. The number of alkyl halides is 4. The molecular formula is C29H37F5N2O3S2. The maximum Gasteiger partial charge on any atom is 0.312 e. The number of fused-ring (bicyclic) bond motifs is 1. The zero-order valence-electron chi connectivity index (χ0n) is 23.9. The maximum absolute atomic E-state index is 13.6. The molecule has 12 heteroatoms. The summed E-state index contributed by atoms with van der Waals surface area (Å²) in [6.07, 6.45) is -0.294. The number of rotatable bonds is 9. The van der Waals surface area contributed by atoms with Crippen molar-refractivity contribution in [2.24, 2.45) is 11.3 Å². The second-order valence-electron chi connectivity index (χ2n) is 11.2. The monoisotopic (exact) mass is 620 g/mol. The minimum absolute atomic E-state index is 0.0294. The van der Waals surface area contributed by atoms with Crippen LogP contribution in [0, 0.1) is 17.2 Å². The first-order valence-corrected chi connectivity index (χ1v) is 15.1. The summed E-state index contributed by atoms with van der Waals surface area (Å²) in [7, 11) is 1.98. The summed E-state index contributed by atoms with van der Waals surface area (Å²) in [5, 5.41) is 9.50. The van der Waals surface area contributed by atoms with Crippen LogP contribution in [0.1, 0.15) is 47.0 Å². The molecule has 1 aliphatic heterocycles. The molecular weight excluding hydrogens is 583 g/mol. The van der Waals surface area contributed by atoms with E-state index < -0.39 is 23.2 Å². The Morgan fingerprint density at radius 2 is 1.76 bits per heavy atom. The number of thioether (sulfide) groups is 1. The lowest BCUT2D eigenvalue weighted by atomic mass is 9.83. The predicted molar refractivity (Wildman–Crippen MR) is 155 cm³/mol. The number of anilines is 2. The number of halogens is 5. The highest BCUT2D eigenvalue weighted by molar-refractivity contribution is 7.99. The van der Waals surface area contributed by atoms with Crippen LogP contribution in [0.4, 0.5) is 33.3 Å². The maximum atomic E-state index is 13.6. The van der Waals surface area contributed by atoms with Gasteiger partial charge in [-0.15, -0.1) is 11.8 Å². The standard InChI is InChI=1S/C25H29F3N2O3S2.C4H8F2/c1-24(2,23(31)32)15-33-20-11-21-19(10-22(20)34-14-16-12-25(27,28)13-16)30(9-8-29(3)35-21)18-6-4-17(26)5-7-18;1-3-4(2,5)6/h4-7,10-11,16H,8-9,12-15H2,1-3H3,(H,31,32);3H2,1-2H3. The minimum Gasteiger partial charge on any atom is -0.491 e. The van der Waals surface area contributed by atoms with Crippen molar-refractivity contribution in [3.05, 3.63) is 42.2 Å². The molecule has 2 aromatic rings. The third-order valence-corrected chi connectivity index (χ3v) is 9.07. The van der Waals surface area contributed by atoms with E-state index in [4.69, 9.17) is 4.74 Å². The van der Waals surface area contributed by atoms with Crippen molar-refractivity contribution in [3.63, 3.8) is 0 Å². The number of benzene rings is 2. The summed E-state index contributed by atoms with van der Waals surface area (Å²) >= 11 is 3.00. The molecule has 1 fully saturated rings. The molecule has 0 aromatic heterocycles. The average Bonchev–Trinajstić information content (AvgIpc) is 3.02. The molecule has 0 spiro atoms. The molecule has 1 N–H and O–H groups in total. The van der Waals surface area contributed by atoms with E-state index in [1.54, 1.807) is 37.9 Å². The van der Waals surface area contributed by atoms with E-state index in [2.05, 4.69) is 9.21 Å². The minimum atomic E-state index is -2.58. The van der Waals surface area contributed by atoms with Gasteiger partial charge >= 0.3 is 5.97 Å². The molecule has 2 aliphatic rings. The lowest BCUT2D eigenvalue weighted by Crippen LogP contribution is -2.36. The number of carboxylic acid groups (broad SMARTS) is 1. The lowest BCUT2D eigenvalue weighted by Gasteiger charge is -2.34. The van der Waals surface area contributed by atoms with Gasteiger partial charge < -0.3 is 14.7 Å². The van der Waals surface area contributed by atoms with Gasteiger partial charge in [-0.3, -0.25) is 4.79 Å². The first kappa shape index (κ1) is 33.3. The number of carbonyl (C=O) groups is 1. The number of likely N-dealkylation sites (N-methyl/N-ethyl adjacent to an activating group) is 1. The van der Waals surface area contributed by atoms with Crippen LogP contribution in [-0.4, -0.2) is 59.7 Å². The van der Waals surface area contributed by atoms with Crippen LogP contribution in [-0.2, 0) is 4.79 Å². The van der Waals surface area contributed by atoms with Gasteiger partial charge in [-0.1, -0.05) is 6.92 Å². The van der Waals surface area contributed by atoms with Crippen molar-refractivity contribution in [1.82, 2.24) is 4.31 Å². The van der Waals surface area contributed by atoms with E-state index in [9.17, 15) is 31.9 Å². The largest absolute Gasteiger partial charge is 0.491 e. The zero-order valence-corrected chi connectivity index (χ0v) is 25.5. The molecule has 1 aliphatic carbocycles. The SMILES string of the molecule is CCC(C)(F)F.CN1CCN(c2ccc(F)cc2)c2cc(SCC3CC(F)(F)C3)c(OCC(C)(C)C(=O)O)cc2S1. The lowest BCUT2D eigenvalue weighted by molar-refractivity contribution is -0.148. The second kappa shape index (κ2) is 13.4. The second-order valence-corrected chi connectivity index (χ2v) is 13.5. The first-order valence-electron chi connectivity index (χ1n) is 13.3. The molecule has 0 atom stereocenters. The van der Waals surface area contributed by atoms with Crippen LogP contribution in [0.2, 0.25) is 0 Å². The van der Waals surface area contributed by atoms with E-state index in [-0.39, 0.29) is 37.6 Å². The van der Waals surface area contributed by atoms with Crippen molar-refractivity contribution in [2.45, 2.75) is 68.6 Å². The number of hydrogen-bond donors (Lipinski definition) is 1. The van der Waals surface area contributed by atoms with Gasteiger partial charge in [0.05, 0.1) is 20.9 Å². The van der Waals surface area contributed by atoms with Crippen molar-refractivity contribution >= 4 is 41.1 Å². The quantitative estimate of drug-likeness (QED) is 0.171. The van der Waals surface area contributed by atoms with E-state index in [0.29, 0.717) is 18.0 Å². The topological polar surface area (TPSA) is 53.0 Å². The smallest absolute Gasteiger partial charge is 0.312 e. The van der Waals surface area contributed by atoms with E-state index in [1.165, 1.54) is 30.8 Å². The molecule has 2 aromatic carbocycles. The fourth-order valence-corrected chi connectivity index (χ4v) is 5.97. The van der Waals surface area contributed by atoms with Gasteiger partial charge in [-0.05, 0) is 82.1 Å². The third-order valence-electron chi connectivity index (χ3n) is 6.78. The van der Waals surface area contributed by atoms with Gasteiger partial charge in [-0.25, -0.2) is 26.3 Å². The van der Waals surface area contributed by atoms with Gasteiger partial charge in [0.15, 0.2) is 0 Å². The van der Waals surface area contributed by atoms with Gasteiger partial charge in [0.2, 0.25) is 11.8 Å². The Balaban J connectivity index is 0.000000696. The van der Waals surface area contributed by atoms with Crippen LogP contribution in [0.5, 0.6) is 5.75 Å². The molecule has 4 rings (SSSR count). The Morgan fingerprint density at radius 1 is 1.15 bits per heavy atom. The van der Waals surface area contributed by atoms with Crippen LogP contribution in [0.25, 0.3) is 0 Å². The summed E-state index contributed by atoms with van der Waals surface area (Å²) < 4.78 is 71.3. The highest BCUT2D eigenvalue weighted by Gasteiger charge is 2.45. The Labute approximate surface area is 246 Å². The van der Waals surface area contributed by atoms with Crippen molar-refractivity contribution in [3.8, 4) is 5.75 Å². The van der Waals surface area contributed by atoms with Crippen molar-refractivity contribution < 1.29 is 36.6 Å². The van der Waals surface area contributed by atoms with Gasteiger partial charge in [-0.2, -0.15) is 0 Å². The third kappa shape index (κ3) is 9.68. The predicted octanol–water partition coefficient (Wildman–Crippen LogP) is 8.59. The van der Waals surface area contributed by atoms with Gasteiger partial charge in [0.1, 0.15) is 18.2 Å². The van der Waals surface area contributed by atoms with Crippen LogP contribution >= 0.6 is 23.7 Å². The molecule has 0 bridgehead atoms. The van der Waals surface area contributed by atoms with Crippen molar-refractivity contribution in [2.75, 3.05) is 37.4 Å². The molecule has 1 saturated carbocycles. The number of carboxylic acids is 1. The Kier molecular flexibility index (Phi) is 10.9. The fourth-order valence-electron chi connectivity index (χ4n) is 3.93. The van der Waals surface area contributed by atoms with Crippen LogP contribution in [0.15, 0.2) is 46.2 Å². The van der Waals surface area contributed by atoms with Crippen molar-refractivity contribution in [1.29, 1.82) is 0 Å². The summed E-state index contributed by atoms with van der Waals surface area (Å²) in [4.78, 5) is 15.4. The first-order chi connectivity index (χ1) is 19.0. The molecule has 5 nitrogen and oxygen atoms in total. The number of ether oxygens (including phenoxy) is 1. The van der Waals surface area contributed by atoms with Gasteiger partial charge in [0, 0.05) is 43.8 Å². The highest BCUT2D eigenvalue weighted by Crippen LogP contribution is 2.48. The Hall–Kier alpha value is -2.18. The van der Waals surface area contributed by atoms with Gasteiger partial charge in [0.25, 0.3) is 0 Å². The Morgan fingerprint density at radius 3 is 2.29 bits per heavy atom. The zero-order chi connectivity index (χ0) is 30.6. The molecule has 0 unspecified atom stereocenters. The van der Waals surface area contributed by atoms with Crippen LogP contribution in [0.3, 0.4) is 0 Å². The molecule has 0 radical (unpaired) electrons. The van der Waals surface area contributed by atoms with E-state index >= 15 is 0 Å². The number of aliphatic carboxylic acids is 1. The summed E-state index contributed by atoms with van der Waals surface area (Å²) in [5.74, 6) is -5.33. The van der Waals surface area contributed by atoms with E-state index in [0.717, 1.165) is 34.6 Å². The molecule has 228 valence electrons. The molecule has 41 heavy (non-hydrogen) atoms. The highest BCUT2D eigenvalue weighted by atomic mass is 32.2. The molecule has 0 amide bonds. The summed E-state index contributed by atoms with van der Waals surface area (Å²) in [6, 6.07) is 10.2. The number of nitrogens with zero attached hydrogens (tertiary/aromatic N) is 2.